The summed E-state index contributed by atoms with van der Waals surface area (Å²) in [4.78, 5) is 2.50. The predicted octanol–water partition coefficient (Wildman–Crippen LogP) is 17.0. The molecule has 0 radical (unpaired) electrons. The minimum Gasteiger partial charge on any atom is -0.309 e. The fraction of sp³-hybridized carbons (Fsp3) is 0.0794. The molecule has 0 aromatic heterocycles. The standard InChI is InChI=1S/C63H47N/c1-62(2)56-31-13-9-25-50(56)54-29-18-30-55(61(54)62)53-27-12-16-34-60(53)64(59-33-15-11-26-52(59)48-28-17-20-43-19-7-8-23-47(43)48)46-38-35-42(36-39-46)44-37-40-51-49-24-10-14-32-57(49)63(3,58(51)41-44)45-21-5-4-6-22-45/h4-41H,1-3H3. The highest BCUT2D eigenvalue weighted by atomic mass is 15.1. The lowest BCUT2D eigenvalue weighted by atomic mass is 9.74. The third kappa shape index (κ3) is 5.70. The van der Waals surface area contributed by atoms with Crippen LogP contribution in [0.2, 0.25) is 0 Å². The van der Waals surface area contributed by atoms with Gasteiger partial charge >= 0.3 is 0 Å². The first-order chi connectivity index (χ1) is 31.4. The second kappa shape index (κ2) is 14.7. The number of nitrogens with zero attached hydrogens (tertiary/aromatic N) is 1. The van der Waals surface area contributed by atoms with Gasteiger partial charge in [0, 0.05) is 27.6 Å². The first kappa shape index (κ1) is 38.0. The van der Waals surface area contributed by atoms with Gasteiger partial charge in [-0.3, -0.25) is 0 Å². The Balaban J connectivity index is 1.04. The van der Waals surface area contributed by atoms with Gasteiger partial charge in [-0.1, -0.05) is 214 Å². The van der Waals surface area contributed by atoms with Crippen molar-refractivity contribution in [2.75, 3.05) is 4.90 Å². The zero-order valence-electron chi connectivity index (χ0n) is 36.4. The Morgan fingerprint density at radius 3 is 1.55 bits per heavy atom. The zero-order chi connectivity index (χ0) is 43.0. The third-order valence-corrected chi connectivity index (χ3v) is 14.4. The largest absolute Gasteiger partial charge is 0.309 e. The van der Waals surface area contributed by atoms with E-state index in [0.29, 0.717) is 0 Å². The van der Waals surface area contributed by atoms with Crippen LogP contribution in [-0.4, -0.2) is 0 Å². The van der Waals surface area contributed by atoms with Crippen LogP contribution in [-0.2, 0) is 10.8 Å². The van der Waals surface area contributed by atoms with E-state index >= 15 is 0 Å². The van der Waals surface area contributed by atoms with Crippen molar-refractivity contribution in [3.8, 4) is 55.6 Å². The van der Waals surface area contributed by atoms with Crippen LogP contribution in [0.3, 0.4) is 0 Å². The molecule has 2 aliphatic rings. The number of benzene rings is 10. The maximum absolute atomic E-state index is 2.50. The Kier molecular flexibility index (Phi) is 8.71. The molecule has 0 saturated heterocycles. The zero-order valence-corrected chi connectivity index (χ0v) is 36.4. The molecular weight excluding hydrogens is 771 g/mol. The van der Waals surface area contributed by atoms with E-state index in [1.54, 1.807) is 0 Å². The third-order valence-electron chi connectivity index (χ3n) is 14.4. The number of hydrogen-bond donors (Lipinski definition) is 0. The highest BCUT2D eigenvalue weighted by Gasteiger charge is 2.41. The smallest absolute Gasteiger partial charge is 0.0540 e. The van der Waals surface area contributed by atoms with Crippen LogP contribution in [0.25, 0.3) is 66.4 Å². The summed E-state index contributed by atoms with van der Waals surface area (Å²) in [5.74, 6) is 0. The van der Waals surface area contributed by atoms with Crippen molar-refractivity contribution < 1.29 is 0 Å². The maximum Gasteiger partial charge on any atom is 0.0540 e. The van der Waals surface area contributed by atoms with Gasteiger partial charge in [0.2, 0.25) is 0 Å². The van der Waals surface area contributed by atoms with E-state index in [-0.39, 0.29) is 10.8 Å². The lowest BCUT2D eigenvalue weighted by Crippen LogP contribution is -2.22. The Morgan fingerprint density at radius 2 is 0.812 bits per heavy atom. The molecular formula is C63H47N. The number of para-hydroxylation sites is 2. The van der Waals surface area contributed by atoms with Crippen LogP contribution >= 0.6 is 0 Å². The molecule has 12 rings (SSSR count). The SMILES string of the molecule is CC1(C)c2ccccc2-c2cccc(-c3ccccc3N(c3ccc(-c4ccc5c(c4)C(C)(c4ccccc4)c4ccccc4-5)cc3)c3ccccc3-c3cccc4ccccc34)c21. The molecule has 0 heterocycles. The maximum atomic E-state index is 2.50. The molecule has 10 aromatic rings. The average molecular weight is 818 g/mol. The normalized spacial score (nSPS) is 15.3. The van der Waals surface area contributed by atoms with E-state index in [2.05, 4.69) is 256 Å². The molecule has 10 aromatic carbocycles. The van der Waals surface area contributed by atoms with Gasteiger partial charge in [-0.05, 0) is 120 Å². The first-order valence-corrected chi connectivity index (χ1v) is 22.5. The van der Waals surface area contributed by atoms with Gasteiger partial charge in [0.15, 0.2) is 0 Å². The van der Waals surface area contributed by atoms with Crippen molar-refractivity contribution in [2.45, 2.75) is 31.6 Å². The van der Waals surface area contributed by atoms with Gasteiger partial charge in [0.05, 0.1) is 11.4 Å². The summed E-state index contributed by atoms with van der Waals surface area (Å²) in [6.45, 7) is 7.16. The number of fused-ring (bicyclic) bond motifs is 7. The van der Waals surface area contributed by atoms with Crippen LogP contribution in [0.5, 0.6) is 0 Å². The van der Waals surface area contributed by atoms with Crippen molar-refractivity contribution in [3.05, 3.63) is 258 Å². The van der Waals surface area contributed by atoms with Gasteiger partial charge in [0.1, 0.15) is 0 Å². The predicted molar refractivity (Wildman–Crippen MR) is 270 cm³/mol. The van der Waals surface area contributed by atoms with Crippen LogP contribution < -0.4 is 4.90 Å². The summed E-state index contributed by atoms with van der Waals surface area (Å²) in [6.07, 6.45) is 0. The molecule has 2 aliphatic carbocycles. The highest BCUT2D eigenvalue weighted by Crippen LogP contribution is 2.56. The van der Waals surface area contributed by atoms with E-state index in [9.17, 15) is 0 Å². The van der Waals surface area contributed by atoms with Crippen molar-refractivity contribution in [1.29, 1.82) is 0 Å². The molecule has 0 N–H and O–H groups in total. The Bertz CT molecular complexity index is 3420. The minimum atomic E-state index is -0.261. The second-order valence-corrected chi connectivity index (χ2v) is 18.1. The minimum absolute atomic E-state index is 0.170. The summed E-state index contributed by atoms with van der Waals surface area (Å²) >= 11 is 0. The van der Waals surface area contributed by atoms with E-state index in [1.807, 2.05) is 0 Å². The molecule has 0 aliphatic heterocycles. The van der Waals surface area contributed by atoms with E-state index in [4.69, 9.17) is 0 Å². The van der Waals surface area contributed by atoms with Crippen molar-refractivity contribution in [1.82, 2.24) is 0 Å². The van der Waals surface area contributed by atoms with Crippen molar-refractivity contribution in [2.24, 2.45) is 0 Å². The molecule has 0 bridgehead atoms. The lowest BCUT2D eigenvalue weighted by Gasteiger charge is -2.31. The molecule has 304 valence electrons. The van der Waals surface area contributed by atoms with Gasteiger partial charge in [-0.15, -0.1) is 0 Å². The molecule has 1 atom stereocenters. The summed E-state index contributed by atoms with van der Waals surface area (Å²) in [5.41, 5.74) is 22.3. The number of rotatable bonds is 7. The molecule has 1 nitrogen and oxygen atoms in total. The van der Waals surface area contributed by atoms with E-state index in [1.165, 1.54) is 94.2 Å². The molecule has 64 heavy (non-hydrogen) atoms. The first-order valence-electron chi connectivity index (χ1n) is 22.5. The van der Waals surface area contributed by atoms with Crippen molar-refractivity contribution in [3.63, 3.8) is 0 Å². The van der Waals surface area contributed by atoms with Gasteiger partial charge in [0.25, 0.3) is 0 Å². The monoisotopic (exact) mass is 817 g/mol. The number of hydrogen-bond acceptors (Lipinski definition) is 1. The van der Waals surface area contributed by atoms with Crippen LogP contribution in [0.1, 0.15) is 48.6 Å². The van der Waals surface area contributed by atoms with Crippen LogP contribution in [0, 0.1) is 0 Å². The van der Waals surface area contributed by atoms with Crippen molar-refractivity contribution >= 4 is 27.8 Å². The van der Waals surface area contributed by atoms with Gasteiger partial charge < -0.3 is 4.90 Å². The lowest BCUT2D eigenvalue weighted by molar-refractivity contribution is 0.662. The molecule has 0 saturated carbocycles. The Labute approximate surface area is 376 Å². The van der Waals surface area contributed by atoms with Crippen LogP contribution in [0.15, 0.2) is 231 Å². The molecule has 0 fully saturated rings. The molecule has 1 heteroatoms. The van der Waals surface area contributed by atoms with Gasteiger partial charge in [-0.25, -0.2) is 0 Å². The molecule has 1 unspecified atom stereocenters. The fourth-order valence-corrected chi connectivity index (χ4v) is 11.3. The quantitative estimate of drug-likeness (QED) is 0.155. The average Bonchev–Trinajstić information content (AvgIpc) is 3.76. The number of anilines is 3. The summed E-state index contributed by atoms with van der Waals surface area (Å²) < 4.78 is 0. The highest BCUT2D eigenvalue weighted by molar-refractivity contribution is 6.03. The van der Waals surface area contributed by atoms with E-state index < -0.39 is 0 Å². The molecule has 0 spiro atoms. The Morgan fingerprint density at radius 1 is 0.328 bits per heavy atom. The van der Waals surface area contributed by atoms with Gasteiger partial charge in [-0.2, -0.15) is 0 Å². The molecule has 0 amide bonds. The van der Waals surface area contributed by atoms with Crippen LogP contribution in [0.4, 0.5) is 17.1 Å². The summed E-state index contributed by atoms with van der Waals surface area (Å²) in [6, 6.07) is 85.5. The fourth-order valence-electron chi connectivity index (χ4n) is 11.3. The Hall–Kier alpha value is -7.74. The second-order valence-electron chi connectivity index (χ2n) is 18.1. The summed E-state index contributed by atoms with van der Waals surface area (Å²) in [5, 5.41) is 2.47. The van der Waals surface area contributed by atoms with E-state index in [0.717, 1.165) is 17.1 Å². The summed E-state index contributed by atoms with van der Waals surface area (Å²) in [7, 11) is 0. The topological polar surface area (TPSA) is 3.24 Å².